The number of hydrazone groups is 1. The Morgan fingerprint density at radius 2 is 2.07 bits per heavy atom. The highest BCUT2D eigenvalue weighted by Gasteiger charge is 2.13. The molecule has 9 heteroatoms. The summed E-state index contributed by atoms with van der Waals surface area (Å²) >= 11 is 3.31. The SMILES string of the molecule is COc1cccc(C(=O)N/N=C\c2ccc(-c3ccc([N+](=O)[O-])cc3Br)o2)c1. The fraction of sp³-hybridized carbons (Fsp3) is 0.0526. The van der Waals surface area contributed by atoms with E-state index in [1.807, 2.05) is 0 Å². The van der Waals surface area contributed by atoms with Crippen LogP contribution in [0.1, 0.15) is 16.1 Å². The Labute approximate surface area is 168 Å². The van der Waals surface area contributed by atoms with E-state index in [1.165, 1.54) is 25.5 Å². The number of ether oxygens (including phenoxy) is 1. The number of non-ortho nitro benzene ring substituents is 1. The second kappa shape index (κ2) is 8.49. The van der Waals surface area contributed by atoms with Crippen LogP contribution >= 0.6 is 15.9 Å². The third-order valence-corrected chi connectivity index (χ3v) is 4.40. The molecule has 0 aliphatic rings. The van der Waals surface area contributed by atoms with Crippen LogP contribution < -0.4 is 10.2 Å². The van der Waals surface area contributed by atoms with E-state index in [2.05, 4.69) is 26.5 Å². The van der Waals surface area contributed by atoms with E-state index >= 15 is 0 Å². The molecule has 0 bridgehead atoms. The largest absolute Gasteiger partial charge is 0.497 e. The predicted octanol–water partition coefficient (Wildman–Crippen LogP) is 4.39. The Hall–Kier alpha value is -3.46. The number of hydrogen-bond acceptors (Lipinski definition) is 6. The molecule has 1 N–H and O–H groups in total. The number of carbonyl (C=O) groups is 1. The number of rotatable bonds is 6. The van der Waals surface area contributed by atoms with Crippen molar-refractivity contribution in [3.63, 3.8) is 0 Å². The van der Waals surface area contributed by atoms with Crippen molar-refractivity contribution in [1.82, 2.24) is 5.43 Å². The number of benzene rings is 2. The molecule has 0 unspecified atom stereocenters. The predicted molar refractivity (Wildman–Crippen MR) is 107 cm³/mol. The first-order valence-corrected chi connectivity index (χ1v) is 8.79. The summed E-state index contributed by atoms with van der Waals surface area (Å²) in [6.45, 7) is 0. The molecule has 3 aromatic rings. The van der Waals surface area contributed by atoms with Crippen LogP contribution in [-0.2, 0) is 0 Å². The highest BCUT2D eigenvalue weighted by atomic mass is 79.9. The standard InChI is InChI=1S/C19H14BrN3O5/c1-27-14-4-2-3-12(9-14)19(24)22-21-11-15-6-8-18(28-15)16-7-5-13(23(25)26)10-17(16)20/h2-11H,1H3,(H,22,24)/b21-11-. The second-order valence-electron chi connectivity index (χ2n) is 5.55. The number of nitro groups is 1. The first kappa shape index (κ1) is 19.3. The zero-order valence-electron chi connectivity index (χ0n) is 14.6. The van der Waals surface area contributed by atoms with E-state index in [0.717, 1.165) is 0 Å². The number of hydrogen-bond donors (Lipinski definition) is 1. The Morgan fingerprint density at radius 3 is 2.79 bits per heavy atom. The van der Waals surface area contributed by atoms with Gasteiger partial charge in [0.15, 0.2) is 0 Å². The molecular weight excluding hydrogens is 430 g/mol. The van der Waals surface area contributed by atoms with Gasteiger partial charge in [-0.1, -0.05) is 6.07 Å². The van der Waals surface area contributed by atoms with E-state index in [-0.39, 0.29) is 11.6 Å². The molecule has 0 atom stereocenters. The van der Waals surface area contributed by atoms with Gasteiger partial charge >= 0.3 is 0 Å². The molecule has 1 heterocycles. The molecule has 1 amide bonds. The molecule has 0 spiro atoms. The molecular formula is C19H14BrN3O5. The average molecular weight is 444 g/mol. The van der Waals surface area contributed by atoms with Gasteiger partial charge in [-0.15, -0.1) is 0 Å². The third-order valence-electron chi connectivity index (χ3n) is 3.75. The molecule has 3 rings (SSSR count). The number of halogens is 1. The fourth-order valence-electron chi connectivity index (χ4n) is 2.37. The van der Waals surface area contributed by atoms with Crippen LogP contribution in [0.3, 0.4) is 0 Å². The van der Waals surface area contributed by atoms with Crippen molar-refractivity contribution in [2.45, 2.75) is 0 Å². The maximum absolute atomic E-state index is 12.1. The number of carbonyl (C=O) groups excluding carboxylic acids is 1. The summed E-state index contributed by atoms with van der Waals surface area (Å²) in [6, 6.07) is 14.4. The molecule has 0 radical (unpaired) electrons. The lowest BCUT2D eigenvalue weighted by Gasteiger charge is -2.02. The van der Waals surface area contributed by atoms with Crippen LogP contribution in [0.25, 0.3) is 11.3 Å². The molecule has 8 nitrogen and oxygen atoms in total. The molecule has 0 aliphatic carbocycles. The number of nitrogens with one attached hydrogen (secondary N) is 1. The fourth-order valence-corrected chi connectivity index (χ4v) is 2.93. The minimum atomic E-state index is -0.472. The number of furan rings is 1. The first-order chi connectivity index (χ1) is 13.5. The van der Waals surface area contributed by atoms with Crippen molar-refractivity contribution in [2.75, 3.05) is 7.11 Å². The summed E-state index contributed by atoms with van der Waals surface area (Å²) in [5.74, 6) is 1.09. The Morgan fingerprint density at radius 1 is 1.25 bits per heavy atom. The highest BCUT2D eigenvalue weighted by molar-refractivity contribution is 9.10. The molecule has 2 aromatic carbocycles. The zero-order chi connectivity index (χ0) is 20.1. The van der Waals surface area contributed by atoms with Gasteiger partial charge in [0.1, 0.15) is 17.3 Å². The van der Waals surface area contributed by atoms with Gasteiger partial charge in [0.05, 0.1) is 18.2 Å². The van der Waals surface area contributed by atoms with Crippen LogP contribution in [0.2, 0.25) is 0 Å². The Bertz CT molecular complexity index is 1060. The van der Waals surface area contributed by atoms with Crippen LogP contribution in [0.4, 0.5) is 5.69 Å². The lowest BCUT2D eigenvalue weighted by molar-refractivity contribution is -0.384. The number of amides is 1. The monoisotopic (exact) mass is 443 g/mol. The number of methoxy groups -OCH3 is 1. The van der Waals surface area contributed by atoms with Crippen LogP contribution in [0.15, 0.2) is 68.6 Å². The van der Waals surface area contributed by atoms with Gasteiger partial charge in [-0.25, -0.2) is 5.43 Å². The van der Waals surface area contributed by atoms with Gasteiger partial charge in [-0.05, 0) is 52.3 Å². The van der Waals surface area contributed by atoms with E-state index in [1.54, 1.807) is 42.5 Å². The zero-order valence-corrected chi connectivity index (χ0v) is 16.2. The molecule has 28 heavy (non-hydrogen) atoms. The van der Waals surface area contributed by atoms with Gasteiger partial charge in [0.25, 0.3) is 11.6 Å². The van der Waals surface area contributed by atoms with E-state index in [4.69, 9.17) is 9.15 Å². The van der Waals surface area contributed by atoms with Crippen LogP contribution in [0.5, 0.6) is 5.75 Å². The molecule has 0 fully saturated rings. The minimum absolute atomic E-state index is 0.0239. The number of nitro benzene ring substituents is 1. The van der Waals surface area contributed by atoms with Gasteiger partial charge in [0.2, 0.25) is 0 Å². The third kappa shape index (κ3) is 4.44. The molecule has 0 saturated carbocycles. The van der Waals surface area contributed by atoms with Crippen molar-refractivity contribution < 1.29 is 18.9 Å². The second-order valence-corrected chi connectivity index (χ2v) is 6.41. The van der Waals surface area contributed by atoms with Gasteiger partial charge in [-0.2, -0.15) is 5.10 Å². The van der Waals surface area contributed by atoms with Crippen molar-refractivity contribution >= 4 is 33.7 Å². The molecule has 142 valence electrons. The Balaban J connectivity index is 1.69. The first-order valence-electron chi connectivity index (χ1n) is 7.99. The number of nitrogens with zero attached hydrogens (tertiary/aromatic N) is 2. The Kier molecular flexibility index (Phi) is 5.85. The van der Waals surface area contributed by atoms with Gasteiger partial charge < -0.3 is 9.15 Å². The van der Waals surface area contributed by atoms with E-state index < -0.39 is 4.92 Å². The summed E-state index contributed by atoms with van der Waals surface area (Å²) in [5.41, 5.74) is 3.45. The highest BCUT2D eigenvalue weighted by Crippen LogP contribution is 2.32. The van der Waals surface area contributed by atoms with Crippen molar-refractivity contribution in [1.29, 1.82) is 0 Å². The summed E-state index contributed by atoms with van der Waals surface area (Å²) in [5, 5.41) is 14.7. The lowest BCUT2D eigenvalue weighted by Crippen LogP contribution is -2.17. The normalized spacial score (nSPS) is 10.8. The van der Waals surface area contributed by atoms with Gasteiger partial charge in [0, 0.05) is 27.7 Å². The summed E-state index contributed by atoms with van der Waals surface area (Å²) in [7, 11) is 1.52. The van der Waals surface area contributed by atoms with Crippen molar-refractivity contribution in [2.24, 2.45) is 5.10 Å². The average Bonchev–Trinajstić information content (AvgIpc) is 3.16. The van der Waals surface area contributed by atoms with E-state index in [9.17, 15) is 14.9 Å². The minimum Gasteiger partial charge on any atom is -0.497 e. The van der Waals surface area contributed by atoms with E-state index in [0.29, 0.717) is 32.9 Å². The maximum atomic E-state index is 12.1. The molecule has 0 saturated heterocycles. The summed E-state index contributed by atoms with van der Waals surface area (Å²) < 4.78 is 11.3. The lowest BCUT2D eigenvalue weighted by atomic mass is 10.1. The summed E-state index contributed by atoms with van der Waals surface area (Å²) in [6.07, 6.45) is 1.36. The van der Waals surface area contributed by atoms with Crippen LogP contribution in [0, 0.1) is 10.1 Å². The topological polar surface area (TPSA) is 107 Å². The quantitative estimate of drug-likeness (QED) is 0.345. The summed E-state index contributed by atoms with van der Waals surface area (Å²) in [4.78, 5) is 22.4. The van der Waals surface area contributed by atoms with Crippen LogP contribution in [-0.4, -0.2) is 24.2 Å². The van der Waals surface area contributed by atoms with Gasteiger partial charge in [-0.3, -0.25) is 14.9 Å². The molecule has 0 aliphatic heterocycles. The maximum Gasteiger partial charge on any atom is 0.271 e. The van der Waals surface area contributed by atoms with Crippen molar-refractivity contribution in [3.8, 4) is 17.1 Å². The van der Waals surface area contributed by atoms with Crippen molar-refractivity contribution in [3.05, 3.63) is 80.5 Å². The smallest absolute Gasteiger partial charge is 0.271 e. The molecule has 1 aromatic heterocycles.